The summed E-state index contributed by atoms with van der Waals surface area (Å²) in [5.74, 6) is -0.503. The fraction of sp³-hybridized carbons (Fsp3) is 0.500. The predicted molar refractivity (Wildman–Crippen MR) is 49.5 cm³/mol. The molecule has 0 spiro atoms. The molecule has 76 valence electrons. The van der Waals surface area contributed by atoms with Crippen LogP contribution in [0.2, 0.25) is 0 Å². The highest BCUT2D eigenvalue weighted by Gasteiger charge is 2.12. The standard InChI is InChI=1S/C8H12N4O2/c9-8(13)7-5-12(6-10-7)11-1-3-14-4-2-11/h5-6H,1-4H2,(H2,9,13). The summed E-state index contributed by atoms with van der Waals surface area (Å²) >= 11 is 0. The minimum Gasteiger partial charge on any atom is -0.378 e. The summed E-state index contributed by atoms with van der Waals surface area (Å²) in [6, 6.07) is 0. The van der Waals surface area contributed by atoms with Crippen LogP contribution < -0.4 is 10.7 Å². The number of amides is 1. The van der Waals surface area contributed by atoms with Gasteiger partial charge in [0.25, 0.3) is 5.91 Å². The summed E-state index contributed by atoms with van der Waals surface area (Å²) in [5.41, 5.74) is 5.39. The number of nitrogens with two attached hydrogens (primary N) is 1. The van der Waals surface area contributed by atoms with Crippen molar-refractivity contribution in [2.45, 2.75) is 0 Å². The third kappa shape index (κ3) is 1.69. The van der Waals surface area contributed by atoms with Gasteiger partial charge in [-0.1, -0.05) is 0 Å². The Hall–Kier alpha value is -1.56. The van der Waals surface area contributed by atoms with Crippen LogP contribution >= 0.6 is 0 Å². The van der Waals surface area contributed by atoms with E-state index >= 15 is 0 Å². The number of rotatable bonds is 2. The topological polar surface area (TPSA) is 73.4 Å². The molecular formula is C8H12N4O2. The van der Waals surface area contributed by atoms with Gasteiger partial charge in [-0.15, -0.1) is 0 Å². The van der Waals surface area contributed by atoms with Gasteiger partial charge >= 0.3 is 0 Å². The molecule has 0 aliphatic carbocycles. The molecule has 1 aliphatic rings. The Balaban J connectivity index is 2.11. The van der Waals surface area contributed by atoms with Crippen molar-refractivity contribution in [3.05, 3.63) is 18.2 Å². The Bertz CT molecular complexity index is 330. The van der Waals surface area contributed by atoms with Crippen molar-refractivity contribution in [1.82, 2.24) is 9.66 Å². The zero-order valence-electron chi connectivity index (χ0n) is 7.72. The third-order valence-electron chi connectivity index (χ3n) is 2.14. The van der Waals surface area contributed by atoms with E-state index in [1.807, 2.05) is 5.01 Å². The van der Waals surface area contributed by atoms with Gasteiger partial charge in [-0.25, -0.2) is 4.98 Å². The second kappa shape index (κ2) is 3.67. The number of aromatic nitrogens is 2. The summed E-state index contributed by atoms with van der Waals surface area (Å²) in [6.45, 7) is 3.00. The average molecular weight is 196 g/mol. The maximum Gasteiger partial charge on any atom is 0.268 e. The van der Waals surface area contributed by atoms with Gasteiger partial charge in [-0.2, -0.15) is 0 Å². The molecule has 1 aliphatic heterocycles. The first kappa shape index (κ1) is 9.01. The summed E-state index contributed by atoms with van der Waals surface area (Å²) < 4.78 is 6.99. The molecule has 0 aromatic carbocycles. The zero-order chi connectivity index (χ0) is 9.97. The lowest BCUT2D eigenvalue weighted by Gasteiger charge is -2.28. The molecule has 2 heterocycles. The van der Waals surface area contributed by atoms with E-state index in [4.69, 9.17) is 10.5 Å². The zero-order valence-corrected chi connectivity index (χ0v) is 7.72. The van der Waals surface area contributed by atoms with Gasteiger partial charge in [0, 0.05) is 0 Å². The molecule has 6 heteroatoms. The molecule has 0 unspecified atom stereocenters. The van der Waals surface area contributed by atoms with Crippen LogP contribution in [0.4, 0.5) is 0 Å². The number of hydrogen-bond donors (Lipinski definition) is 1. The number of imidazole rings is 1. The third-order valence-corrected chi connectivity index (χ3v) is 2.14. The molecule has 2 rings (SSSR count). The molecule has 0 radical (unpaired) electrons. The van der Waals surface area contributed by atoms with E-state index in [-0.39, 0.29) is 5.69 Å². The van der Waals surface area contributed by atoms with Gasteiger partial charge < -0.3 is 15.5 Å². The normalized spacial score (nSPS) is 17.0. The Morgan fingerprint density at radius 1 is 1.50 bits per heavy atom. The van der Waals surface area contributed by atoms with Crippen LogP contribution in [0.15, 0.2) is 12.5 Å². The maximum atomic E-state index is 10.8. The van der Waals surface area contributed by atoms with Gasteiger partial charge in [0.1, 0.15) is 12.0 Å². The first-order chi connectivity index (χ1) is 6.77. The summed E-state index contributed by atoms with van der Waals surface area (Å²) in [4.78, 5) is 14.7. The molecule has 0 saturated carbocycles. The lowest BCUT2D eigenvalue weighted by Crippen LogP contribution is -2.43. The molecule has 1 amide bonds. The molecule has 0 bridgehead atoms. The van der Waals surface area contributed by atoms with Crippen LogP contribution in [-0.4, -0.2) is 41.9 Å². The molecule has 1 aromatic heterocycles. The Morgan fingerprint density at radius 2 is 2.21 bits per heavy atom. The lowest BCUT2D eigenvalue weighted by molar-refractivity contribution is 0.0995. The number of nitrogens with zero attached hydrogens (tertiary/aromatic N) is 3. The highest BCUT2D eigenvalue weighted by atomic mass is 16.5. The second-order valence-corrected chi connectivity index (χ2v) is 3.07. The van der Waals surface area contributed by atoms with E-state index in [9.17, 15) is 4.79 Å². The largest absolute Gasteiger partial charge is 0.378 e. The van der Waals surface area contributed by atoms with Gasteiger partial charge in [0.05, 0.1) is 32.5 Å². The molecule has 1 saturated heterocycles. The Labute approximate surface area is 81.2 Å². The molecule has 14 heavy (non-hydrogen) atoms. The molecule has 2 N–H and O–H groups in total. The molecular weight excluding hydrogens is 184 g/mol. The number of carbonyl (C=O) groups excluding carboxylic acids is 1. The predicted octanol–water partition coefficient (Wildman–Crippen LogP) is -1.05. The summed E-state index contributed by atoms with van der Waals surface area (Å²) in [5, 5.41) is 2.04. The van der Waals surface area contributed by atoms with Crippen molar-refractivity contribution in [2.24, 2.45) is 5.73 Å². The number of carbonyl (C=O) groups is 1. The summed E-state index contributed by atoms with van der Waals surface area (Å²) in [6.07, 6.45) is 3.22. The van der Waals surface area contributed by atoms with Crippen LogP contribution in [0.1, 0.15) is 10.5 Å². The lowest BCUT2D eigenvalue weighted by atomic mass is 10.5. The van der Waals surface area contributed by atoms with E-state index in [1.54, 1.807) is 17.2 Å². The van der Waals surface area contributed by atoms with Crippen molar-refractivity contribution < 1.29 is 9.53 Å². The Morgan fingerprint density at radius 3 is 2.79 bits per heavy atom. The average Bonchev–Trinajstić information content (AvgIpc) is 2.68. The quantitative estimate of drug-likeness (QED) is 0.655. The number of primary amides is 1. The molecule has 0 atom stereocenters. The van der Waals surface area contributed by atoms with Gasteiger partial charge in [-0.3, -0.25) is 9.47 Å². The van der Waals surface area contributed by atoms with Crippen molar-refractivity contribution in [2.75, 3.05) is 31.3 Å². The van der Waals surface area contributed by atoms with Crippen molar-refractivity contribution >= 4 is 5.91 Å². The van der Waals surface area contributed by atoms with E-state index in [2.05, 4.69) is 4.98 Å². The van der Waals surface area contributed by atoms with Crippen LogP contribution in [0.3, 0.4) is 0 Å². The van der Waals surface area contributed by atoms with Crippen LogP contribution in [0.25, 0.3) is 0 Å². The molecule has 6 nitrogen and oxygen atoms in total. The number of hydrogen-bond acceptors (Lipinski definition) is 4. The first-order valence-corrected chi connectivity index (χ1v) is 4.44. The van der Waals surface area contributed by atoms with E-state index in [1.165, 1.54) is 0 Å². The highest BCUT2D eigenvalue weighted by Crippen LogP contribution is 2.00. The van der Waals surface area contributed by atoms with Crippen LogP contribution in [0, 0.1) is 0 Å². The van der Waals surface area contributed by atoms with Crippen LogP contribution in [0.5, 0.6) is 0 Å². The Kier molecular flexibility index (Phi) is 2.36. The van der Waals surface area contributed by atoms with Gasteiger partial charge in [0.2, 0.25) is 0 Å². The fourth-order valence-corrected chi connectivity index (χ4v) is 1.38. The van der Waals surface area contributed by atoms with E-state index in [0.717, 1.165) is 13.1 Å². The smallest absolute Gasteiger partial charge is 0.268 e. The number of morpholine rings is 1. The monoisotopic (exact) mass is 196 g/mol. The minimum atomic E-state index is -0.503. The van der Waals surface area contributed by atoms with Gasteiger partial charge in [-0.05, 0) is 0 Å². The molecule has 1 aromatic rings. The minimum absolute atomic E-state index is 0.288. The van der Waals surface area contributed by atoms with Crippen molar-refractivity contribution in [1.29, 1.82) is 0 Å². The molecule has 1 fully saturated rings. The first-order valence-electron chi connectivity index (χ1n) is 4.44. The number of ether oxygens (including phenoxy) is 1. The van der Waals surface area contributed by atoms with Gasteiger partial charge in [0.15, 0.2) is 0 Å². The van der Waals surface area contributed by atoms with Crippen LogP contribution in [-0.2, 0) is 4.74 Å². The highest BCUT2D eigenvalue weighted by molar-refractivity contribution is 5.90. The fourth-order valence-electron chi connectivity index (χ4n) is 1.38. The van der Waals surface area contributed by atoms with Crippen molar-refractivity contribution in [3.63, 3.8) is 0 Å². The van der Waals surface area contributed by atoms with Crippen molar-refractivity contribution in [3.8, 4) is 0 Å². The SMILES string of the molecule is NC(=O)c1cn(N2CCOCC2)cn1. The maximum absolute atomic E-state index is 10.8. The van der Waals surface area contributed by atoms with E-state index < -0.39 is 5.91 Å². The summed E-state index contributed by atoms with van der Waals surface area (Å²) in [7, 11) is 0. The van der Waals surface area contributed by atoms with E-state index in [0.29, 0.717) is 13.2 Å². The second-order valence-electron chi connectivity index (χ2n) is 3.07.